The van der Waals surface area contributed by atoms with E-state index in [0.29, 0.717) is 35.3 Å². The average molecular weight is 499 g/mol. The van der Waals surface area contributed by atoms with Gasteiger partial charge in [0.25, 0.3) is 11.8 Å². The Hall–Kier alpha value is -4.98. The van der Waals surface area contributed by atoms with Crippen molar-refractivity contribution in [3.8, 4) is 17.2 Å². The van der Waals surface area contributed by atoms with Crippen molar-refractivity contribution in [1.29, 1.82) is 0 Å². The smallest absolute Gasteiger partial charge is 0.272 e. The third-order valence-corrected chi connectivity index (χ3v) is 5.33. The van der Waals surface area contributed by atoms with E-state index in [1.54, 1.807) is 48.5 Å². The standard InChI is InChI=1S/C29H26N2O6/c1-34-26-15-10-21(17-27(26)35-2)28(32)31-25(18-24-9-6-16-36-24)29(33)30-22-11-13-23(14-12-22)37-19-20-7-4-3-5-8-20/h3-18H,19H2,1-2H3,(H,30,33)(H,31,32)/b25-18-. The van der Waals surface area contributed by atoms with E-state index in [4.69, 9.17) is 18.6 Å². The summed E-state index contributed by atoms with van der Waals surface area (Å²) in [5.41, 5.74) is 1.87. The van der Waals surface area contributed by atoms with E-state index < -0.39 is 11.8 Å². The Kier molecular flexibility index (Phi) is 8.23. The lowest BCUT2D eigenvalue weighted by molar-refractivity contribution is -0.113. The summed E-state index contributed by atoms with van der Waals surface area (Å²) >= 11 is 0. The molecule has 1 aromatic heterocycles. The van der Waals surface area contributed by atoms with Crippen LogP contribution in [0.15, 0.2) is 101 Å². The van der Waals surface area contributed by atoms with Gasteiger partial charge in [-0.3, -0.25) is 9.59 Å². The minimum absolute atomic E-state index is 0.000797. The molecule has 188 valence electrons. The summed E-state index contributed by atoms with van der Waals surface area (Å²) in [6.45, 7) is 0.435. The van der Waals surface area contributed by atoms with Gasteiger partial charge in [-0.05, 0) is 60.2 Å². The molecule has 2 N–H and O–H groups in total. The molecule has 0 spiro atoms. The highest BCUT2D eigenvalue weighted by Gasteiger charge is 2.17. The summed E-state index contributed by atoms with van der Waals surface area (Å²) in [6, 6.07) is 24.9. The van der Waals surface area contributed by atoms with Gasteiger partial charge in [0.05, 0.1) is 20.5 Å². The van der Waals surface area contributed by atoms with Gasteiger partial charge >= 0.3 is 0 Å². The number of amides is 2. The van der Waals surface area contributed by atoms with Crippen molar-refractivity contribution in [3.05, 3.63) is 114 Å². The van der Waals surface area contributed by atoms with Crippen molar-refractivity contribution in [3.63, 3.8) is 0 Å². The lowest BCUT2D eigenvalue weighted by Crippen LogP contribution is -2.30. The first kappa shape index (κ1) is 25.1. The Balaban J connectivity index is 1.46. The van der Waals surface area contributed by atoms with Crippen molar-refractivity contribution < 1.29 is 28.2 Å². The highest BCUT2D eigenvalue weighted by atomic mass is 16.5. The van der Waals surface area contributed by atoms with Crippen molar-refractivity contribution in [2.45, 2.75) is 6.61 Å². The summed E-state index contributed by atoms with van der Waals surface area (Å²) in [6.07, 6.45) is 2.93. The molecule has 2 amide bonds. The number of nitrogens with one attached hydrogen (secondary N) is 2. The van der Waals surface area contributed by atoms with Crippen LogP contribution in [-0.2, 0) is 11.4 Å². The SMILES string of the molecule is COc1ccc(C(=O)N/C(=C\c2ccco2)C(=O)Nc2ccc(OCc3ccccc3)cc2)cc1OC. The van der Waals surface area contributed by atoms with E-state index in [2.05, 4.69) is 10.6 Å². The van der Waals surface area contributed by atoms with Crippen LogP contribution in [0.3, 0.4) is 0 Å². The Labute approximate surface area is 214 Å². The van der Waals surface area contributed by atoms with Crippen LogP contribution < -0.4 is 24.8 Å². The maximum atomic E-state index is 13.1. The van der Waals surface area contributed by atoms with Crippen molar-refractivity contribution >= 4 is 23.6 Å². The van der Waals surface area contributed by atoms with E-state index >= 15 is 0 Å². The molecule has 4 aromatic rings. The number of anilines is 1. The first-order valence-electron chi connectivity index (χ1n) is 11.4. The Morgan fingerprint density at radius 1 is 0.865 bits per heavy atom. The molecule has 0 aliphatic carbocycles. The average Bonchev–Trinajstić information content (AvgIpc) is 3.45. The van der Waals surface area contributed by atoms with E-state index in [1.165, 1.54) is 32.6 Å². The molecule has 0 saturated carbocycles. The molecule has 37 heavy (non-hydrogen) atoms. The van der Waals surface area contributed by atoms with Gasteiger partial charge < -0.3 is 29.3 Å². The van der Waals surface area contributed by atoms with E-state index in [-0.39, 0.29) is 11.3 Å². The predicted octanol–water partition coefficient (Wildman–Crippen LogP) is 5.29. The van der Waals surface area contributed by atoms with Crippen LogP contribution in [-0.4, -0.2) is 26.0 Å². The minimum atomic E-state index is -0.525. The molecule has 0 radical (unpaired) electrons. The van der Waals surface area contributed by atoms with Gasteiger partial charge in [0.15, 0.2) is 11.5 Å². The topological polar surface area (TPSA) is 99.0 Å². The normalized spacial score (nSPS) is 10.9. The summed E-state index contributed by atoms with van der Waals surface area (Å²) < 4.78 is 21.6. The van der Waals surface area contributed by atoms with Crippen LogP contribution in [0.1, 0.15) is 21.7 Å². The number of furan rings is 1. The molecule has 0 unspecified atom stereocenters. The van der Waals surface area contributed by atoms with Crippen LogP contribution in [0.4, 0.5) is 5.69 Å². The summed E-state index contributed by atoms with van der Waals surface area (Å²) in [5, 5.41) is 5.45. The Morgan fingerprint density at radius 2 is 1.62 bits per heavy atom. The van der Waals surface area contributed by atoms with Crippen molar-refractivity contribution in [2.24, 2.45) is 0 Å². The zero-order valence-electron chi connectivity index (χ0n) is 20.4. The van der Waals surface area contributed by atoms with Crippen LogP contribution in [0.2, 0.25) is 0 Å². The van der Waals surface area contributed by atoms with Gasteiger partial charge in [0.2, 0.25) is 0 Å². The lowest BCUT2D eigenvalue weighted by Gasteiger charge is -2.13. The molecule has 0 aliphatic rings. The van der Waals surface area contributed by atoms with Crippen molar-refractivity contribution in [2.75, 3.05) is 19.5 Å². The molecule has 4 rings (SSSR count). The number of hydrogen-bond acceptors (Lipinski definition) is 6. The first-order valence-corrected chi connectivity index (χ1v) is 11.4. The summed E-state index contributed by atoms with van der Waals surface area (Å²) in [5.74, 6) is 0.921. The first-order chi connectivity index (χ1) is 18.1. The molecule has 8 nitrogen and oxygen atoms in total. The maximum Gasteiger partial charge on any atom is 0.272 e. The van der Waals surface area contributed by atoms with E-state index in [0.717, 1.165) is 5.56 Å². The number of methoxy groups -OCH3 is 2. The molecular formula is C29H26N2O6. The monoisotopic (exact) mass is 498 g/mol. The number of benzene rings is 3. The fourth-order valence-electron chi connectivity index (χ4n) is 3.42. The molecule has 0 saturated heterocycles. The largest absolute Gasteiger partial charge is 0.493 e. The molecule has 0 fully saturated rings. The second-order valence-electron chi connectivity index (χ2n) is 7.85. The molecule has 3 aromatic carbocycles. The number of carbonyl (C=O) groups is 2. The van der Waals surface area contributed by atoms with Gasteiger partial charge in [-0.2, -0.15) is 0 Å². The van der Waals surface area contributed by atoms with Crippen molar-refractivity contribution in [1.82, 2.24) is 5.32 Å². The maximum absolute atomic E-state index is 13.1. The van der Waals surface area contributed by atoms with Gasteiger partial charge in [-0.25, -0.2) is 0 Å². The van der Waals surface area contributed by atoms with Crippen LogP contribution in [0.5, 0.6) is 17.2 Å². The molecule has 0 bridgehead atoms. The molecule has 8 heteroatoms. The zero-order valence-corrected chi connectivity index (χ0v) is 20.4. The second-order valence-corrected chi connectivity index (χ2v) is 7.85. The highest BCUT2D eigenvalue weighted by Crippen LogP contribution is 2.27. The lowest BCUT2D eigenvalue weighted by atomic mass is 10.1. The molecular weight excluding hydrogens is 472 g/mol. The van der Waals surface area contributed by atoms with Gasteiger partial charge in [-0.15, -0.1) is 0 Å². The second kappa shape index (κ2) is 12.1. The quantitative estimate of drug-likeness (QED) is 0.289. The third kappa shape index (κ3) is 6.79. The summed E-state index contributed by atoms with van der Waals surface area (Å²) in [4.78, 5) is 26.1. The van der Waals surface area contributed by atoms with E-state index in [9.17, 15) is 9.59 Å². The van der Waals surface area contributed by atoms with Gasteiger partial charge in [0.1, 0.15) is 23.8 Å². The number of carbonyl (C=O) groups excluding carboxylic acids is 2. The number of ether oxygens (including phenoxy) is 3. The molecule has 0 aliphatic heterocycles. The minimum Gasteiger partial charge on any atom is -0.493 e. The highest BCUT2D eigenvalue weighted by molar-refractivity contribution is 6.10. The number of rotatable bonds is 10. The number of hydrogen-bond donors (Lipinski definition) is 2. The van der Waals surface area contributed by atoms with Gasteiger partial charge in [-0.1, -0.05) is 30.3 Å². The fourth-order valence-corrected chi connectivity index (χ4v) is 3.42. The summed E-state index contributed by atoms with van der Waals surface area (Å²) in [7, 11) is 2.99. The van der Waals surface area contributed by atoms with Crippen LogP contribution in [0.25, 0.3) is 6.08 Å². The Bertz CT molecular complexity index is 1360. The molecule has 1 heterocycles. The van der Waals surface area contributed by atoms with Crippen LogP contribution >= 0.6 is 0 Å². The Morgan fingerprint density at radius 3 is 2.30 bits per heavy atom. The predicted molar refractivity (Wildman–Crippen MR) is 140 cm³/mol. The van der Waals surface area contributed by atoms with E-state index in [1.807, 2.05) is 30.3 Å². The third-order valence-electron chi connectivity index (χ3n) is 5.33. The zero-order chi connectivity index (χ0) is 26.0. The molecule has 0 atom stereocenters. The van der Waals surface area contributed by atoms with Gasteiger partial charge in [0, 0.05) is 17.3 Å². The fraction of sp³-hybridized carbons (Fsp3) is 0.103. The van der Waals surface area contributed by atoms with Crippen LogP contribution in [0, 0.1) is 0 Å².